The molecule has 0 aromatic heterocycles. The highest BCUT2D eigenvalue weighted by Gasteiger charge is 2.26. The molecule has 38 heavy (non-hydrogen) atoms. The second kappa shape index (κ2) is 13.2. The molecule has 0 saturated carbocycles. The summed E-state index contributed by atoms with van der Waals surface area (Å²) in [6.45, 7) is 5.31. The monoisotopic (exact) mass is 559 g/mol. The number of rotatable bonds is 8. The van der Waals surface area contributed by atoms with Gasteiger partial charge in [0.1, 0.15) is 12.6 Å². The first-order valence-corrected chi connectivity index (χ1v) is 13.4. The summed E-state index contributed by atoms with van der Waals surface area (Å²) >= 11 is 12.0. The molecule has 2 aliphatic heterocycles. The molecule has 4 rings (SSSR count). The lowest BCUT2D eigenvalue weighted by atomic mass is 10.0. The predicted octanol–water partition coefficient (Wildman–Crippen LogP) is 2.98. The smallest absolute Gasteiger partial charge is 0.251 e. The van der Waals surface area contributed by atoms with E-state index in [4.69, 9.17) is 33.2 Å². The van der Waals surface area contributed by atoms with Gasteiger partial charge < -0.3 is 25.4 Å². The number of carbonyl (C=O) groups is 2. The van der Waals surface area contributed by atoms with Crippen molar-refractivity contribution in [2.24, 2.45) is 0 Å². The van der Waals surface area contributed by atoms with Crippen LogP contribution >= 0.6 is 23.2 Å². The first-order chi connectivity index (χ1) is 18.4. The maximum absolute atomic E-state index is 13.0. The predicted molar refractivity (Wildman–Crippen MR) is 146 cm³/mol. The highest BCUT2D eigenvalue weighted by atomic mass is 35.5. The SMILES string of the molecule is N#CCNC(=O)[C@H](Cc1cc(Cl)c(O)c(Cl)c1)NC(=O)c1ccc(N2CCC(N3CCOCC3)CC2)cc1. The summed E-state index contributed by atoms with van der Waals surface area (Å²) < 4.78 is 5.47. The van der Waals surface area contributed by atoms with E-state index >= 15 is 0 Å². The number of phenolic OH excluding ortho intramolecular Hbond substituents is 1. The van der Waals surface area contributed by atoms with Gasteiger partial charge in [-0.15, -0.1) is 0 Å². The van der Waals surface area contributed by atoms with Crippen LogP contribution in [0.1, 0.15) is 28.8 Å². The lowest BCUT2D eigenvalue weighted by molar-refractivity contribution is -0.122. The second-order valence-electron chi connectivity index (χ2n) is 9.43. The third-order valence-electron chi connectivity index (χ3n) is 7.00. The topological polar surface area (TPSA) is 118 Å². The van der Waals surface area contributed by atoms with Gasteiger partial charge in [0.2, 0.25) is 5.91 Å². The lowest BCUT2D eigenvalue weighted by Gasteiger charge is -2.40. The maximum Gasteiger partial charge on any atom is 0.251 e. The van der Waals surface area contributed by atoms with Gasteiger partial charge in [-0.1, -0.05) is 23.2 Å². The largest absolute Gasteiger partial charge is 0.505 e. The van der Waals surface area contributed by atoms with Crippen LogP contribution in [0.2, 0.25) is 10.0 Å². The van der Waals surface area contributed by atoms with Crippen molar-refractivity contribution >= 4 is 40.7 Å². The van der Waals surface area contributed by atoms with Crippen molar-refractivity contribution in [2.75, 3.05) is 50.8 Å². The number of anilines is 1. The van der Waals surface area contributed by atoms with Crippen LogP contribution in [0.5, 0.6) is 5.75 Å². The van der Waals surface area contributed by atoms with Crippen LogP contribution in [-0.2, 0) is 16.0 Å². The van der Waals surface area contributed by atoms with Gasteiger partial charge in [-0.25, -0.2) is 0 Å². The Bertz CT molecular complexity index is 1150. The minimum absolute atomic E-state index is 0.0413. The van der Waals surface area contributed by atoms with Crippen molar-refractivity contribution in [3.63, 3.8) is 0 Å². The van der Waals surface area contributed by atoms with Crippen molar-refractivity contribution in [1.82, 2.24) is 15.5 Å². The molecule has 9 nitrogen and oxygen atoms in total. The van der Waals surface area contributed by atoms with Crippen molar-refractivity contribution < 1.29 is 19.4 Å². The maximum atomic E-state index is 13.0. The summed E-state index contributed by atoms with van der Waals surface area (Å²) in [7, 11) is 0. The molecule has 3 N–H and O–H groups in total. The Morgan fingerprint density at radius 2 is 1.71 bits per heavy atom. The van der Waals surface area contributed by atoms with E-state index in [0.29, 0.717) is 17.2 Å². The number of benzene rings is 2. The third-order valence-corrected chi connectivity index (χ3v) is 7.58. The summed E-state index contributed by atoms with van der Waals surface area (Å²) in [6, 6.07) is 11.8. The quantitative estimate of drug-likeness (QED) is 0.425. The van der Waals surface area contributed by atoms with Crippen molar-refractivity contribution in [1.29, 1.82) is 5.26 Å². The Kier molecular flexibility index (Phi) is 9.69. The molecule has 2 aliphatic rings. The first-order valence-electron chi connectivity index (χ1n) is 12.6. The number of halogens is 2. The molecule has 2 heterocycles. The minimum Gasteiger partial charge on any atom is -0.505 e. The zero-order valence-corrected chi connectivity index (χ0v) is 22.5. The van der Waals surface area contributed by atoms with Crippen molar-refractivity contribution in [2.45, 2.75) is 31.3 Å². The van der Waals surface area contributed by atoms with Crippen LogP contribution in [-0.4, -0.2) is 79.8 Å². The Morgan fingerprint density at radius 1 is 1.08 bits per heavy atom. The molecule has 0 aliphatic carbocycles. The first kappa shape index (κ1) is 28.0. The summed E-state index contributed by atoms with van der Waals surface area (Å²) in [5, 5.41) is 24.0. The molecule has 0 spiro atoms. The normalized spacial score (nSPS) is 17.4. The van der Waals surface area contributed by atoms with E-state index in [1.54, 1.807) is 12.1 Å². The van der Waals surface area contributed by atoms with E-state index < -0.39 is 17.9 Å². The molecule has 2 fully saturated rings. The van der Waals surface area contributed by atoms with Crippen LogP contribution in [0.4, 0.5) is 5.69 Å². The molecule has 2 aromatic rings. The molecular weight excluding hydrogens is 529 g/mol. The number of carbonyl (C=O) groups excluding carboxylic acids is 2. The number of nitrogens with one attached hydrogen (secondary N) is 2. The summed E-state index contributed by atoms with van der Waals surface area (Å²) in [4.78, 5) is 30.6. The van der Waals surface area contributed by atoms with E-state index in [-0.39, 0.29) is 28.8 Å². The fourth-order valence-corrected chi connectivity index (χ4v) is 5.46. The van der Waals surface area contributed by atoms with E-state index in [2.05, 4.69) is 20.4 Å². The van der Waals surface area contributed by atoms with E-state index in [1.165, 1.54) is 12.1 Å². The molecule has 1 atom stereocenters. The summed E-state index contributed by atoms with van der Waals surface area (Å²) in [5.74, 6) is -1.19. The van der Waals surface area contributed by atoms with Crippen LogP contribution in [0.15, 0.2) is 36.4 Å². The number of amides is 2. The van der Waals surface area contributed by atoms with Crippen molar-refractivity contribution in [3.05, 3.63) is 57.6 Å². The van der Waals surface area contributed by atoms with Gasteiger partial charge in [-0.3, -0.25) is 14.5 Å². The number of nitrogens with zero attached hydrogens (tertiary/aromatic N) is 3. The van der Waals surface area contributed by atoms with Crippen LogP contribution in [0.3, 0.4) is 0 Å². The van der Waals surface area contributed by atoms with Crippen LogP contribution < -0.4 is 15.5 Å². The zero-order valence-electron chi connectivity index (χ0n) is 21.0. The molecule has 2 aromatic carbocycles. The molecule has 0 bridgehead atoms. The highest BCUT2D eigenvalue weighted by molar-refractivity contribution is 6.37. The zero-order chi connectivity index (χ0) is 27.1. The van der Waals surface area contributed by atoms with Gasteiger partial charge in [-0.2, -0.15) is 5.26 Å². The number of hydrogen-bond donors (Lipinski definition) is 3. The van der Waals surface area contributed by atoms with E-state index in [9.17, 15) is 14.7 Å². The van der Waals surface area contributed by atoms with Crippen LogP contribution in [0, 0.1) is 11.3 Å². The van der Waals surface area contributed by atoms with E-state index in [1.807, 2.05) is 18.2 Å². The Morgan fingerprint density at radius 3 is 2.32 bits per heavy atom. The van der Waals surface area contributed by atoms with Gasteiger partial charge in [0, 0.05) is 49.9 Å². The fourth-order valence-electron chi connectivity index (χ4n) is 4.93. The standard InChI is InChI=1S/C27H31Cl2N5O4/c28-22-15-18(16-23(29)25(22)35)17-24(27(37)31-8-7-30)32-26(36)19-1-3-20(4-2-19)33-9-5-21(6-10-33)34-11-13-38-14-12-34/h1-4,15-16,21,24,35H,5-6,8-14,17H2,(H,31,37)(H,32,36)/t24-/m0/s1. The number of ether oxygens (including phenoxy) is 1. The number of morpholine rings is 1. The van der Waals surface area contributed by atoms with Gasteiger partial charge in [0.05, 0.1) is 29.3 Å². The molecule has 0 unspecified atom stereocenters. The number of nitriles is 1. The number of piperidine rings is 1. The summed E-state index contributed by atoms with van der Waals surface area (Å²) in [5.41, 5.74) is 2.02. The minimum atomic E-state index is -0.980. The van der Waals surface area contributed by atoms with Gasteiger partial charge in [0.25, 0.3) is 5.91 Å². The van der Waals surface area contributed by atoms with Gasteiger partial charge in [-0.05, 0) is 54.8 Å². The Hall–Kier alpha value is -3.03. The average Bonchev–Trinajstić information content (AvgIpc) is 2.95. The molecule has 11 heteroatoms. The molecule has 2 saturated heterocycles. The van der Waals surface area contributed by atoms with E-state index in [0.717, 1.165) is 57.9 Å². The molecule has 2 amide bonds. The molecular formula is C27H31Cl2N5O4. The van der Waals surface area contributed by atoms with Gasteiger partial charge >= 0.3 is 0 Å². The Labute approximate surface area is 232 Å². The van der Waals surface area contributed by atoms with Crippen LogP contribution in [0.25, 0.3) is 0 Å². The molecule has 0 radical (unpaired) electrons. The fraction of sp³-hybridized carbons (Fsp3) is 0.444. The van der Waals surface area contributed by atoms with Crippen molar-refractivity contribution in [3.8, 4) is 11.8 Å². The summed E-state index contributed by atoms with van der Waals surface area (Å²) in [6.07, 6.45) is 2.25. The number of phenols is 1. The second-order valence-corrected chi connectivity index (χ2v) is 10.2. The third kappa shape index (κ3) is 7.08. The molecule has 202 valence electrons. The number of aromatic hydroxyl groups is 1. The number of hydrogen-bond acceptors (Lipinski definition) is 7. The van der Waals surface area contributed by atoms with Gasteiger partial charge in [0.15, 0.2) is 5.75 Å². The lowest BCUT2D eigenvalue weighted by Crippen LogP contribution is -2.49. The highest BCUT2D eigenvalue weighted by Crippen LogP contribution is 2.33. The Balaban J connectivity index is 1.38. The average molecular weight is 560 g/mol.